The summed E-state index contributed by atoms with van der Waals surface area (Å²) in [7, 11) is 0. The second-order valence-electron chi connectivity index (χ2n) is 5.99. The Hall–Kier alpha value is -2.79. The third-order valence-corrected chi connectivity index (χ3v) is 4.15. The van der Waals surface area contributed by atoms with E-state index in [2.05, 4.69) is 10.4 Å². The molecule has 0 saturated heterocycles. The third kappa shape index (κ3) is 4.43. The van der Waals surface area contributed by atoms with E-state index in [-0.39, 0.29) is 5.91 Å². The molecular formula is C20H20ClN3O2. The van der Waals surface area contributed by atoms with Gasteiger partial charge in [0, 0.05) is 6.07 Å². The fraction of sp³-hybridized carbons (Fsp3) is 0.200. The number of anilines is 1. The van der Waals surface area contributed by atoms with Crippen LogP contribution in [0.25, 0.3) is 0 Å². The lowest BCUT2D eigenvalue weighted by molar-refractivity contribution is -0.122. The largest absolute Gasteiger partial charge is 0.479 e. The van der Waals surface area contributed by atoms with Crippen LogP contribution in [-0.2, 0) is 11.3 Å². The zero-order valence-corrected chi connectivity index (χ0v) is 15.4. The first-order chi connectivity index (χ1) is 12.5. The van der Waals surface area contributed by atoms with E-state index < -0.39 is 6.10 Å². The fourth-order valence-corrected chi connectivity index (χ4v) is 2.72. The average molecular weight is 370 g/mol. The molecule has 0 bridgehead atoms. The van der Waals surface area contributed by atoms with Gasteiger partial charge in [-0.05, 0) is 31.5 Å². The molecule has 5 nitrogen and oxygen atoms in total. The molecule has 2 aromatic carbocycles. The minimum atomic E-state index is -0.699. The van der Waals surface area contributed by atoms with Crippen molar-refractivity contribution in [1.29, 1.82) is 0 Å². The van der Waals surface area contributed by atoms with Gasteiger partial charge in [-0.15, -0.1) is 0 Å². The lowest BCUT2D eigenvalue weighted by atomic mass is 10.2. The SMILES string of the molecule is Cc1cc(NC(=O)C(C)Oc2ccccc2Cl)n(Cc2ccccc2)n1. The number of benzene rings is 2. The van der Waals surface area contributed by atoms with Crippen LogP contribution in [0.4, 0.5) is 5.82 Å². The lowest BCUT2D eigenvalue weighted by Gasteiger charge is -2.16. The van der Waals surface area contributed by atoms with E-state index in [0.717, 1.165) is 11.3 Å². The molecule has 0 fully saturated rings. The van der Waals surface area contributed by atoms with Crippen molar-refractivity contribution < 1.29 is 9.53 Å². The molecule has 0 spiro atoms. The van der Waals surface area contributed by atoms with E-state index in [0.29, 0.717) is 23.1 Å². The molecule has 134 valence electrons. The maximum Gasteiger partial charge on any atom is 0.266 e. The molecule has 3 rings (SSSR count). The van der Waals surface area contributed by atoms with Gasteiger partial charge in [0.1, 0.15) is 11.6 Å². The van der Waals surface area contributed by atoms with E-state index >= 15 is 0 Å². The summed E-state index contributed by atoms with van der Waals surface area (Å²) >= 11 is 6.08. The molecule has 26 heavy (non-hydrogen) atoms. The van der Waals surface area contributed by atoms with E-state index in [4.69, 9.17) is 16.3 Å². The summed E-state index contributed by atoms with van der Waals surface area (Å²) in [6.45, 7) is 4.15. The normalized spacial score (nSPS) is 11.8. The number of amides is 1. The Balaban J connectivity index is 1.70. The first-order valence-corrected chi connectivity index (χ1v) is 8.71. The van der Waals surface area contributed by atoms with E-state index in [1.807, 2.05) is 55.5 Å². The Morgan fingerprint density at radius 2 is 1.88 bits per heavy atom. The highest BCUT2D eigenvalue weighted by molar-refractivity contribution is 6.32. The minimum absolute atomic E-state index is 0.265. The molecule has 1 N–H and O–H groups in total. The third-order valence-electron chi connectivity index (χ3n) is 3.84. The molecule has 1 heterocycles. The molecule has 0 aliphatic heterocycles. The van der Waals surface area contributed by atoms with Gasteiger partial charge in [0.05, 0.1) is 17.3 Å². The van der Waals surface area contributed by atoms with Gasteiger partial charge in [-0.3, -0.25) is 4.79 Å². The summed E-state index contributed by atoms with van der Waals surface area (Å²) in [5.41, 5.74) is 1.93. The Kier molecular flexibility index (Phi) is 5.58. The van der Waals surface area contributed by atoms with Crippen LogP contribution < -0.4 is 10.1 Å². The second-order valence-corrected chi connectivity index (χ2v) is 6.40. The summed E-state index contributed by atoms with van der Waals surface area (Å²) in [6, 6.07) is 18.9. The van der Waals surface area contributed by atoms with Crippen LogP contribution in [-0.4, -0.2) is 21.8 Å². The van der Waals surface area contributed by atoms with Gasteiger partial charge in [-0.2, -0.15) is 5.10 Å². The minimum Gasteiger partial charge on any atom is -0.479 e. The van der Waals surface area contributed by atoms with Crippen molar-refractivity contribution in [2.75, 3.05) is 5.32 Å². The van der Waals surface area contributed by atoms with Crippen molar-refractivity contribution in [3.63, 3.8) is 0 Å². The number of aromatic nitrogens is 2. The average Bonchev–Trinajstić information content (AvgIpc) is 2.96. The first kappa shape index (κ1) is 18.0. The van der Waals surface area contributed by atoms with Crippen molar-refractivity contribution in [3.8, 4) is 5.75 Å². The van der Waals surface area contributed by atoms with Crippen molar-refractivity contribution in [1.82, 2.24) is 9.78 Å². The lowest BCUT2D eigenvalue weighted by Crippen LogP contribution is -2.31. The van der Waals surface area contributed by atoms with Crippen LogP contribution in [0.15, 0.2) is 60.7 Å². The molecule has 0 aliphatic rings. The van der Waals surface area contributed by atoms with Crippen LogP contribution in [0.3, 0.4) is 0 Å². The number of carbonyl (C=O) groups is 1. The number of nitrogens with zero attached hydrogens (tertiary/aromatic N) is 2. The van der Waals surface area contributed by atoms with Crippen molar-refractivity contribution >= 4 is 23.3 Å². The summed E-state index contributed by atoms with van der Waals surface area (Å²) in [5.74, 6) is 0.843. The van der Waals surface area contributed by atoms with Crippen LogP contribution in [0.5, 0.6) is 5.75 Å². The van der Waals surface area contributed by atoms with Gasteiger partial charge in [0.25, 0.3) is 5.91 Å². The molecule has 0 aliphatic carbocycles. The monoisotopic (exact) mass is 369 g/mol. The molecule has 0 saturated carbocycles. The topological polar surface area (TPSA) is 56.1 Å². The predicted octanol–water partition coefficient (Wildman–Crippen LogP) is 4.30. The van der Waals surface area contributed by atoms with E-state index in [1.54, 1.807) is 23.7 Å². The van der Waals surface area contributed by atoms with Gasteiger partial charge >= 0.3 is 0 Å². The highest BCUT2D eigenvalue weighted by Crippen LogP contribution is 2.24. The van der Waals surface area contributed by atoms with Crippen LogP contribution in [0, 0.1) is 6.92 Å². The molecule has 6 heteroatoms. The highest BCUT2D eigenvalue weighted by atomic mass is 35.5. The molecule has 0 radical (unpaired) electrons. The standard InChI is InChI=1S/C20H20ClN3O2/c1-14-12-19(24(23-14)13-16-8-4-3-5-9-16)22-20(25)15(2)26-18-11-7-6-10-17(18)21/h3-12,15H,13H2,1-2H3,(H,22,25). The number of hydrogen-bond acceptors (Lipinski definition) is 3. The summed E-state index contributed by atoms with van der Waals surface area (Å²) < 4.78 is 7.44. The highest BCUT2D eigenvalue weighted by Gasteiger charge is 2.18. The smallest absolute Gasteiger partial charge is 0.266 e. The molecule has 1 amide bonds. The number of aryl methyl sites for hydroxylation is 1. The number of para-hydroxylation sites is 1. The molecule has 3 aromatic rings. The molecule has 1 aromatic heterocycles. The van der Waals surface area contributed by atoms with Crippen LogP contribution in [0.2, 0.25) is 5.02 Å². The number of halogens is 1. The summed E-state index contributed by atoms with van der Waals surface area (Å²) in [5, 5.41) is 7.81. The van der Waals surface area contributed by atoms with Gasteiger partial charge in [-0.1, -0.05) is 54.1 Å². The molecular weight excluding hydrogens is 350 g/mol. The van der Waals surface area contributed by atoms with Crippen molar-refractivity contribution in [3.05, 3.63) is 76.9 Å². The van der Waals surface area contributed by atoms with Gasteiger partial charge in [0.15, 0.2) is 6.10 Å². The van der Waals surface area contributed by atoms with Crippen molar-refractivity contribution in [2.45, 2.75) is 26.5 Å². The van der Waals surface area contributed by atoms with E-state index in [9.17, 15) is 4.79 Å². The summed E-state index contributed by atoms with van der Waals surface area (Å²) in [6.07, 6.45) is -0.699. The maximum absolute atomic E-state index is 12.5. The Morgan fingerprint density at radius 1 is 1.19 bits per heavy atom. The number of hydrogen-bond donors (Lipinski definition) is 1. The Morgan fingerprint density at radius 3 is 2.62 bits per heavy atom. The predicted molar refractivity (Wildman–Crippen MR) is 103 cm³/mol. The molecule has 1 unspecified atom stereocenters. The number of nitrogens with one attached hydrogen (secondary N) is 1. The maximum atomic E-state index is 12.5. The second kappa shape index (κ2) is 8.06. The first-order valence-electron chi connectivity index (χ1n) is 8.33. The van der Waals surface area contributed by atoms with Gasteiger partial charge in [-0.25, -0.2) is 4.68 Å². The Labute approximate surface area is 157 Å². The van der Waals surface area contributed by atoms with Crippen LogP contribution >= 0.6 is 11.6 Å². The number of carbonyl (C=O) groups excluding carboxylic acids is 1. The quantitative estimate of drug-likeness (QED) is 0.704. The zero-order valence-electron chi connectivity index (χ0n) is 14.6. The van der Waals surface area contributed by atoms with Crippen LogP contribution in [0.1, 0.15) is 18.2 Å². The van der Waals surface area contributed by atoms with Gasteiger partial charge in [0.2, 0.25) is 0 Å². The Bertz CT molecular complexity index is 893. The summed E-state index contributed by atoms with van der Waals surface area (Å²) in [4.78, 5) is 12.5. The van der Waals surface area contributed by atoms with Gasteiger partial charge < -0.3 is 10.1 Å². The zero-order chi connectivity index (χ0) is 18.5. The molecule has 1 atom stereocenters. The number of rotatable bonds is 6. The van der Waals surface area contributed by atoms with Crippen molar-refractivity contribution in [2.24, 2.45) is 0 Å². The number of ether oxygens (including phenoxy) is 1. The fourth-order valence-electron chi connectivity index (χ4n) is 2.54. The van der Waals surface area contributed by atoms with E-state index in [1.165, 1.54) is 0 Å².